The van der Waals surface area contributed by atoms with Gasteiger partial charge in [0, 0.05) is 19.6 Å². The van der Waals surface area contributed by atoms with E-state index in [1.807, 2.05) is 6.92 Å². The summed E-state index contributed by atoms with van der Waals surface area (Å²) in [6.45, 7) is 3.04. The molecule has 0 radical (unpaired) electrons. The van der Waals surface area contributed by atoms with Gasteiger partial charge in [-0.1, -0.05) is 12.1 Å². The van der Waals surface area contributed by atoms with Gasteiger partial charge in [-0.15, -0.1) is 0 Å². The van der Waals surface area contributed by atoms with E-state index in [1.165, 1.54) is 16.9 Å². The van der Waals surface area contributed by atoms with E-state index in [1.54, 1.807) is 24.3 Å². The number of hydrogen-bond acceptors (Lipinski definition) is 4. The highest BCUT2D eigenvalue weighted by atomic mass is 16.5. The maximum absolute atomic E-state index is 12.3. The summed E-state index contributed by atoms with van der Waals surface area (Å²) in [5.41, 5.74) is 0.415. The fraction of sp³-hybridized carbons (Fsp3) is 0.400. The molecule has 0 spiro atoms. The van der Waals surface area contributed by atoms with E-state index in [-0.39, 0.29) is 12.3 Å². The third kappa shape index (κ3) is 3.04. The number of nitrogens with zero attached hydrogens (tertiary/aromatic N) is 2. The second kappa shape index (κ2) is 6.39. The number of carbonyl (C=O) groups excluding carboxylic acids is 3. The van der Waals surface area contributed by atoms with Crippen molar-refractivity contribution in [3.8, 4) is 5.75 Å². The largest absolute Gasteiger partial charge is 0.496 e. The SMILES string of the molecule is CCN1CCN(CC(=O)c2ccccc2OC)C(=O)C1=O. The number of likely N-dealkylation sites (N-methyl/N-ethyl adjacent to an activating group) is 1. The first-order chi connectivity index (χ1) is 10.1. The number of amides is 2. The molecule has 1 saturated heterocycles. The number of Topliss-reactive ketones (excluding diaryl/α,β-unsaturated/α-hetero) is 1. The lowest BCUT2D eigenvalue weighted by molar-refractivity contribution is -0.155. The summed E-state index contributed by atoms with van der Waals surface area (Å²) in [6, 6.07) is 6.84. The number of benzene rings is 1. The molecule has 0 atom stereocenters. The van der Waals surface area contributed by atoms with Gasteiger partial charge in [0.2, 0.25) is 0 Å². The molecule has 2 rings (SSSR count). The summed E-state index contributed by atoms with van der Waals surface area (Å²) in [5.74, 6) is -0.935. The van der Waals surface area contributed by atoms with E-state index in [0.717, 1.165) is 0 Å². The van der Waals surface area contributed by atoms with Crippen LogP contribution in [-0.4, -0.2) is 60.7 Å². The zero-order chi connectivity index (χ0) is 15.4. The van der Waals surface area contributed by atoms with Gasteiger partial charge in [0.15, 0.2) is 5.78 Å². The van der Waals surface area contributed by atoms with Gasteiger partial charge in [-0.3, -0.25) is 14.4 Å². The number of ether oxygens (including phenoxy) is 1. The first-order valence-corrected chi connectivity index (χ1v) is 6.82. The van der Waals surface area contributed by atoms with Crippen molar-refractivity contribution in [2.24, 2.45) is 0 Å². The minimum Gasteiger partial charge on any atom is -0.496 e. The van der Waals surface area contributed by atoms with Crippen LogP contribution in [0.3, 0.4) is 0 Å². The second-order valence-corrected chi connectivity index (χ2v) is 4.73. The molecule has 0 saturated carbocycles. The third-order valence-corrected chi connectivity index (χ3v) is 3.52. The topological polar surface area (TPSA) is 66.9 Å². The van der Waals surface area contributed by atoms with Crippen molar-refractivity contribution < 1.29 is 19.1 Å². The first kappa shape index (κ1) is 15.0. The van der Waals surface area contributed by atoms with Crippen LogP contribution < -0.4 is 4.74 Å². The Morgan fingerprint density at radius 3 is 2.43 bits per heavy atom. The highest BCUT2D eigenvalue weighted by Crippen LogP contribution is 2.18. The van der Waals surface area contributed by atoms with Crippen LogP contribution in [0.4, 0.5) is 0 Å². The van der Waals surface area contributed by atoms with Gasteiger partial charge in [0.25, 0.3) is 0 Å². The van der Waals surface area contributed by atoms with Crippen molar-refractivity contribution in [3.05, 3.63) is 29.8 Å². The van der Waals surface area contributed by atoms with Gasteiger partial charge in [0.05, 0.1) is 19.2 Å². The Morgan fingerprint density at radius 2 is 1.76 bits per heavy atom. The Hall–Kier alpha value is -2.37. The van der Waals surface area contributed by atoms with Crippen LogP contribution in [0.1, 0.15) is 17.3 Å². The smallest absolute Gasteiger partial charge is 0.312 e. The number of carbonyl (C=O) groups is 3. The Labute approximate surface area is 123 Å². The Kier molecular flexibility index (Phi) is 4.57. The maximum atomic E-state index is 12.3. The molecule has 0 unspecified atom stereocenters. The number of ketones is 1. The number of methoxy groups -OCH3 is 1. The van der Waals surface area contributed by atoms with Crippen molar-refractivity contribution in [3.63, 3.8) is 0 Å². The van der Waals surface area contributed by atoms with Crippen molar-refractivity contribution in [2.75, 3.05) is 33.3 Å². The fourth-order valence-corrected chi connectivity index (χ4v) is 2.30. The number of piperazine rings is 1. The molecule has 0 aromatic heterocycles. The Balaban J connectivity index is 2.10. The molecule has 1 aliphatic rings. The molecule has 1 fully saturated rings. The average molecular weight is 290 g/mol. The van der Waals surface area contributed by atoms with Crippen LogP contribution in [0.25, 0.3) is 0 Å². The van der Waals surface area contributed by atoms with E-state index in [0.29, 0.717) is 30.9 Å². The second-order valence-electron chi connectivity index (χ2n) is 4.73. The van der Waals surface area contributed by atoms with Crippen molar-refractivity contribution in [1.29, 1.82) is 0 Å². The molecule has 6 heteroatoms. The monoisotopic (exact) mass is 290 g/mol. The van der Waals surface area contributed by atoms with Crippen molar-refractivity contribution in [1.82, 2.24) is 9.80 Å². The lowest BCUT2D eigenvalue weighted by Crippen LogP contribution is -2.55. The normalized spacial score (nSPS) is 15.3. The van der Waals surface area contributed by atoms with Crippen LogP contribution >= 0.6 is 0 Å². The van der Waals surface area contributed by atoms with Crippen LogP contribution in [0, 0.1) is 0 Å². The van der Waals surface area contributed by atoms with Gasteiger partial charge in [-0.2, -0.15) is 0 Å². The molecule has 2 amide bonds. The zero-order valence-electron chi connectivity index (χ0n) is 12.2. The highest BCUT2D eigenvalue weighted by Gasteiger charge is 2.32. The van der Waals surface area contributed by atoms with E-state index in [4.69, 9.17) is 4.74 Å². The molecule has 0 bridgehead atoms. The lowest BCUT2D eigenvalue weighted by Gasteiger charge is -2.32. The van der Waals surface area contributed by atoms with Crippen LogP contribution in [0.2, 0.25) is 0 Å². The maximum Gasteiger partial charge on any atom is 0.312 e. The molecule has 1 aromatic rings. The molecule has 1 heterocycles. The predicted octanol–water partition coefficient (Wildman–Crippen LogP) is 0.569. The zero-order valence-corrected chi connectivity index (χ0v) is 12.2. The molecule has 0 N–H and O–H groups in total. The van der Waals surface area contributed by atoms with E-state index < -0.39 is 11.8 Å². The predicted molar refractivity (Wildman–Crippen MR) is 76.2 cm³/mol. The lowest BCUT2D eigenvalue weighted by atomic mass is 10.1. The standard InChI is InChI=1S/C15H18N2O4/c1-3-16-8-9-17(15(20)14(16)19)10-12(18)11-6-4-5-7-13(11)21-2/h4-7H,3,8-10H2,1-2H3. The molecule has 0 aliphatic carbocycles. The minimum atomic E-state index is -0.619. The number of rotatable bonds is 5. The molecule has 1 aromatic carbocycles. The number of para-hydroxylation sites is 1. The molecule has 1 aliphatic heterocycles. The van der Waals surface area contributed by atoms with Gasteiger partial charge in [-0.05, 0) is 19.1 Å². The molecular weight excluding hydrogens is 272 g/mol. The van der Waals surface area contributed by atoms with Gasteiger partial charge >= 0.3 is 11.8 Å². The van der Waals surface area contributed by atoms with Gasteiger partial charge in [0.1, 0.15) is 5.75 Å². The highest BCUT2D eigenvalue weighted by molar-refractivity contribution is 6.35. The Morgan fingerprint density at radius 1 is 1.14 bits per heavy atom. The van der Waals surface area contributed by atoms with E-state index >= 15 is 0 Å². The third-order valence-electron chi connectivity index (χ3n) is 3.52. The summed E-state index contributed by atoms with van der Waals surface area (Å²) in [5, 5.41) is 0. The van der Waals surface area contributed by atoms with E-state index in [2.05, 4.69) is 0 Å². The summed E-state index contributed by atoms with van der Waals surface area (Å²) < 4.78 is 5.14. The molecule has 21 heavy (non-hydrogen) atoms. The summed E-state index contributed by atoms with van der Waals surface area (Å²) in [4.78, 5) is 38.8. The minimum absolute atomic E-state index is 0.109. The summed E-state index contributed by atoms with van der Waals surface area (Å²) in [7, 11) is 1.49. The number of hydrogen-bond donors (Lipinski definition) is 0. The molecule has 112 valence electrons. The van der Waals surface area contributed by atoms with Gasteiger partial charge in [-0.25, -0.2) is 0 Å². The molecule has 6 nitrogen and oxygen atoms in total. The van der Waals surface area contributed by atoms with Crippen LogP contribution in [-0.2, 0) is 9.59 Å². The first-order valence-electron chi connectivity index (χ1n) is 6.82. The van der Waals surface area contributed by atoms with Gasteiger partial charge < -0.3 is 14.5 Å². The summed E-state index contributed by atoms with van der Waals surface area (Å²) in [6.07, 6.45) is 0. The Bertz CT molecular complexity index is 571. The van der Waals surface area contributed by atoms with Crippen molar-refractivity contribution >= 4 is 17.6 Å². The van der Waals surface area contributed by atoms with Crippen molar-refractivity contribution in [2.45, 2.75) is 6.92 Å². The van der Waals surface area contributed by atoms with Crippen LogP contribution in [0.15, 0.2) is 24.3 Å². The quantitative estimate of drug-likeness (QED) is 0.587. The molecular formula is C15H18N2O4. The average Bonchev–Trinajstić information content (AvgIpc) is 2.52. The fourth-order valence-electron chi connectivity index (χ4n) is 2.30. The summed E-state index contributed by atoms with van der Waals surface area (Å²) >= 11 is 0. The van der Waals surface area contributed by atoms with Crippen LogP contribution in [0.5, 0.6) is 5.75 Å². The van der Waals surface area contributed by atoms with E-state index in [9.17, 15) is 14.4 Å².